The number of fused-ring (bicyclic) bond motifs is 2. The van der Waals surface area contributed by atoms with Gasteiger partial charge in [0.15, 0.2) is 5.82 Å². The fourth-order valence-electron chi connectivity index (χ4n) is 11.6. The van der Waals surface area contributed by atoms with E-state index in [1.165, 1.54) is 93.6 Å². The van der Waals surface area contributed by atoms with E-state index in [1.54, 1.807) is 18.3 Å². The molecule has 3 atom stereocenters. The second kappa shape index (κ2) is 28.3. The average Bonchev–Trinajstić information content (AvgIpc) is 3.89. The maximum atomic E-state index is 15.9. The molecular weight excluding hydrogens is 927 g/mol. The van der Waals surface area contributed by atoms with Gasteiger partial charge in [0, 0.05) is 66.1 Å². The fourth-order valence-corrected chi connectivity index (χ4v) is 11.8. The van der Waals surface area contributed by atoms with Crippen LogP contribution >= 0.6 is 11.6 Å². The minimum absolute atomic E-state index is 0. The predicted molar refractivity (Wildman–Crippen MR) is 298 cm³/mol. The molecule has 0 bridgehead atoms. The van der Waals surface area contributed by atoms with Gasteiger partial charge in [-0.15, -0.1) is 0 Å². The molecule has 1 aromatic heterocycles. The average molecular weight is 1010 g/mol. The maximum Gasteiger partial charge on any atom is 1.00 e. The van der Waals surface area contributed by atoms with Gasteiger partial charge in [0.1, 0.15) is 11.6 Å². The Balaban J connectivity index is 0.000000264. The number of nitrogens with one attached hydrogen (secondary N) is 3. The Labute approximate surface area is 458 Å². The van der Waals surface area contributed by atoms with E-state index in [0.717, 1.165) is 66.3 Å². The third kappa shape index (κ3) is 14.1. The van der Waals surface area contributed by atoms with E-state index >= 15 is 8.78 Å². The van der Waals surface area contributed by atoms with Gasteiger partial charge in [0.25, 0.3) is 0 Å². The number of nitrogens with two attached hydrogens (primary N) is 1. The van der Waals surface area contributed by atoms with Crippen molar-refractivity contribution in [3.63, 3.8) is 0 Å². The van der Waals surface area contributed by atoms with Crippen molar-refractivity contribution >= 4 is 34.0 Å². The SMILES string of the molecule is C=C(N)c1ccc(CCC)c(F)c1-c1c(Cl)c(F)cc2c1C(CC)C(c1ccccc1)C2.C=CNCCC(=C)Nc1nn(C)c2cc(C3CCN(C(CCNC=C)CCC4CC[CH-]CC4)CC3)ccc12.[CH3-].[Na+]. The molecule has 5 N–H and O–H groups in total. The Morgan fingerprint density at radius 3 is 2.29 bits per heavy atom. The van der Waals surface area contributed by atoms with Crippen LogP contribution in [-0.2, 0) is 19.9 Å². The van der Waals surface area contributed by atoms with Gasteiger partial charge in [-0.05, 0) is 147 Å². The molecule has 11 heteroatoms. The first-order chi connectivity index (χ1) is 34.0. The van der Waals surface area contributed by atoms with Crippen molar-refractivity contribution < 1.29 is 38.3 Å². The molecule has 3 unspecified atom stereocenters. The van der Waals surface area contributed by atoms with Crippen LogP contribution in [0.3, 0.4) is 0 Å². The number of hydrogen-bond acceptors (Lipinski definition) is 6. The number of benzene rings is 4. The minimum Gasteiger partial charge on any atom is -0.399 e. The summed E-state index contributed by atoms with van der Waals surface area (Å²) in [5.74, 6) is 1.79. The Bertz CT molecular complexity index is 2580. The molecule has 7 nitrogen and oxygen atoms in total. The Kier molecular flexibility index (Phi) is 23.0. The fraction of sp³-hybridized carbons (Fsp3) is 0.426. The van der Waals surface area contributed by atoms with Gasteiger partial charge in [-0.1, -0.05) is 120 Å². The quantitative estimate of drug-likeness (QED) is 0.0333. The second-order valence-corrected chi connectivity index (χ2v) is 20.2. The van der Waals surface area contributed by atoms with E-state index in [1.807, 2.05) is 43.1 Å². The first kappa shape index (κ1) is 58.5. The van der Waals surface area contributed by atoms with E-state index in [0.29, 0.717) is 41.5 Å². The van der Waals surface area contributed by atoms with Gasteiger partial charge < -0.3 is 40.4 Å². The number of anilines is 1. The summed E-state index contributed by atoms with van der Waals surface area (Å²) >= 11 is 6.59. The third-order valence-electron chi connectivity index (χ3n) is 15.3. The summed E-state index contributed by atoms with van der Waals surface area (Å²) < 4.78 is 33.0. The summed E-state index contributed by atoms with van der Waals surface area (Å²) in [7, 11) is 2.04. The summed E-state index contributed by atoms with van der Waals surface area (Å²) in [6.45, 7) is 23.9. The van der Waals surface area contributed by atoms with Crippen molar-refractivity contribution in [2.75, 3.05) is 31.5 Å². The molecule has 8 rings (SSSR count). The number of likely N-dealkylation sites (tertiary alicyclic amines) is 1. The van der Waals surface area contributed by atoms with Crippen molar-refractivity contribution in [3.05, 3.63) is 175 Å². The van der Waals surface area contributed by atoms with E-state index in [4.69, 9.17) is 22.4 Å². The van der Waals surface area contributed by atoms with Crippen molar-refractivity contribution in [2.45, 2.75) is 128 Å². The zero-order valence-corrected chi connectivity index (χ0v) is 46.8. The number of piperidine rings is 1. The molecule has 1 saturated carbocycles. The number of halogens is 3. The van der Waals surface area contributed by atoms with E-state index in [-0.39, 0.29) is 70.9 Å². The largest absolute Gasteiger partial charge is 1.00 e. The summed E-state index contributed by atoms with van der Waals surface area (Å²) in [5.41, 5.74) is 14.7. The molecule has 2 aliphatic carbocycles. The third-order valence-corrected chi connectivity index (χ3v) is 15.7. The zero-order chi connectivity index (χ0) is 49.7. The number of aromatic nitrogens is 2. The Morgan fingerprint density at radius 1 is 0.917 bits per heavy atom. The van der Waals surface area contributed by atoms with Crippen LogP contribution < -0.4 is 51.2 Å². The first-order valence-corrected chi connectivity index (χ1v) is 26.3. The topological polar surface area (TPSA) is 83.2 Å². The Hall–Kier alpha value is -4.38. The smallest absolute Gasteiger partial charge is 0.399 e. The van der Waals surface area contributed by atoms with Crippen LogP contribution in [0, 0.1) is 31.4 Å². The van der Waals surface area contributed by atoms with Gasteiger partial charge >= 0.3 is 29.6 Å². The second-order valence-electron chi connectivity index (χ2n) is 19.8. The van der Waals surface area contributed by atoms with Crippen molar-refractivity contribution in [1.29, 1.82) is 0 Å². The van der Waals surface area contributed by atoms with Gasteiger partial charge in [0.2, 0.25) is 0 Å². The molecule has 1 saturated heterocycles. The molecule has 3 aliphatic rings. The van der Waals surface area contributed by atoms with E-state index in [2.05, 4.69) is 90.8 Å². The van der Waals surface area contributed by atoms with Crippen LogP contribution in [0.1, 0.15) is 142 Å². The number of hydrogen-bond donors (Lipinski definition) is 4. The molecule has 1 aliphatic heterocycles. The zero-order valence-electron chi connectivity index (χ0n) is 44.1. The predicted octanol–water partition coefficient (Wildman–Crippen LogP) is 11.9. The first-order valence-electron chi connectivity index (χ1n) is 26.0. The molecule has 0 radical (unpaired) electrons. The maximum absolute atomic E-state index is 15.9. The van der Waals surface area contributed by atoms with Crippen LogP contribution in [0.25, 0.3) is 27.7 Å². The minimum atomic E-state index is -0.530. The monoisotopic (exact) mass is 1010 g/mol. The molecule has 0 spiro atoms. The summed E-state index contributed by atoms with van der Waals surface area (Å²) in [6.07, 6.45) is 21.6. The molecule has 4 aromatic carbocycles. The van der Waals surface area contributed by atoms with Crippen LogP contribution in [0.5, 0.6) is 0 Å². The summed E-state index contributed by atoms with van der Waals surface area (Å²) in [6, 6.07) is 22.9. The summed E-state index contributed by atoms with van der Waals surface area (Å²) in [4.78, 5) is 2.79. The molecule has 72 heavy (non-hydrogen) atoms. The molecule has 0 amide bonds. The standard InChI is InChI=1S/C32H49N6.C28H28ClF2N.CH3.Na/c1-5-33-20-16-25(3)35-32-30-15-13-28(24-31(30)37(4)36-32)27-18-22-38(23-19-27)29(17-21-34-6-2)14-12-26-10-8-7-9-11-26;1-4-9-18-12-13-21(16(3)32)25(28(18)31)26-24-19(15-23(30)27(26)29)14-22(20(24)5-2)17-10-7-6-8-11-17;;/h5-7,13,15,24,26-27,29,33-34H,1-3,8-12,14,16-23H2,4H3,(H,35,36);6-8,10-13,15,20,22H,3-5,9,14,32H2,1-2H3;1H3;/q-1;;-1;+1. The molecule has 2 heterocycles. The van der Waals surface area contributed by atoms with Crippen LogP contribution in [0.2, 0.25) is 5.02 Å². The summed E-state index contributed by atoms with van der Waals surface area (Å²) in [5, 5.41) is 15.7. The van der Waals surface area contributed by atoms with Crippen LogP contribution in [0.4, 0.5) is 14.6 Å². The van der Waals surface area contributed by atoms with Crippen molar-refractivity contribution in [3.8, 4) is 11.1 Å². The Morgan fingerprint density at radius 2 is 1.62 bits per heavy atom. The van der Waals surface area contributed by atoms with Gasteiger partial charge in [0.05, 0.1) is 10.5 Å². The number of rotatable bonds is 21. The number of nitrogens with zero attached hydrogens (tertiary/aromatic N) is 3. The van der Waals surface area contributed by atoms with Crippen LogP contribution in [-0.4, -0.2) is 46.9 Å². The normalized spacial score (nSPS) is 17.4. The molecule has 5 aromatic rings. The van der Waals surface area contributed by atoms with E-state index < -0.39 is 5.82 Å². The number of aryl methyl sites for hydroxylation is 2. The van der Waals surface area contributed by atoms with Crippen molar-refractivity contribution in [2.24, 2.45) is 18.7 Å². The van der Waals surface area contributed by atoms with Crippen molar-refractivity contribution in [1.82, 2.24) is 25.3 Å². The van der Waals surface area contributed by atoms with Gasteiger partial charge in [-0.25, -0.2) is 8.78 Å². The van der Waals surface area contributed by atoms with Gasteiger partial charge in [-0.3, -0.25) is 4.68 Å². The van der Waals surface area contributed by atoms with E-state index in [9.17, 15) is 0 Å². The molecule has 382 valence electrons. The molecular formula is C61H80ClF2N7Na-. The molecule has 2 fully saturated rings. The van der Waals surface area contributed by atoms with Crippen LogP contribution in [0.15, 0.2) is 111 Å². The van der Waals surface area contributed by atoms with Gasteiger partial charge in [-0.2, -0.15) is 17.9 Å².